The average Bonchev–Trinajstić information content (AvgIpc) is 2.85. The summed E-state index contributed by atoms with van der Waals surface area (Å²) in [5, 5.41) is 3.29. The maximum absolute atomic E-state index is 5.63. The van der Waals surface area contributed by atoms with Gasteiger partial charge in [-0.2, -0.15) is 8.75 Å². The van der Waals surface area contributed by atoms with Crippen molar-refractivity contribution in [3.05, 3.63) is 24.3 Å². The first-order valence-corrected chi connectivity index (χ1v) is 7.27. The van der Waals surface area contributed by atoms with Crippen LogP contribution < -0.4 is 10.1 Å². The van der Waals surface area contributed by atoms with Gasteiger partial charge in [-0.25, -0.2) is 0 Å². The Kier molecular flexibility index (Phi) is 4.74. The van der Waals surface area contributed by atoms with Crippen LogP contribution in [0, 0.1) is 0 Å². The van der Waals surface area contributed by atoms with Gasteiger partial charge in [0.25, 0.3) is 0 Å². The van der Waals surface area contributed by atoms with Crippen molar-refractivity contribution in [3.63, 3.8) is 0 Å². The van der Waals surface area contributed by atoms with E-state index in [1.165, 1.54) is 11.7 Å². The van der Waals surface area contributed by atoms with Crippen LogP contribution >= 0.6 is 11.7 Å². The molecule has 2 aromatic rings. The number of ether oxygens (including phenoxy) is 1. The zero-order valence-corrected chi connectivity index (χ0v) is 12.3. The first-order chi connectivity index (χ1) is 9.20. The van der Waals surface area contributed by atoms with Crippen LogP contribution in [0.3, 0.4) is 0 Å². The SMILES string of the molecule is CCCNc1nsnc1-c1ccc(OC(C)C)cc1. The summed E-state index contributed by atoms with van der Waals surface area (Å²) in [5.74, 6) is 1.74. The number of aromatic nitrogens is 2. The summed E-state index contributed by atoms with van der Waals surface area (Å²) < 4.78 is 14.3. The maximum atomic E-state index is 5.63. The Balaban J connectivity index is 2.15. The highest BCUT2D eigenvalue weighted by Crippen LogP contribution is 2.27. The minimum absolute atomic E-state index is 0.188. The summed E-state index contributed by atoms with van der Waals surface area (Å²) in [6, 6.07) is 7.98. The molecule has 5 heteroatoms. The van der Waals surface area contributed by atoms with Crippen LogP contribution in [0.1, 0.15) is 27.2 Å². The van der Waals surface area contributed by atoms with Crippen molar-refractivity contribution in [2.75, 3.05) is 11.9 Å². The molecule has 1 aromatic heterocycles. The van der Waals surface area contributed by atoms with Gasteiger partial charge in [0.05, 0.1) is 17.8 Å². The van der Waals surface area contributed by atoms with Crippen LogP contribution in [-0.2, 0) is 0 Å². The van der Waals surface area contributed by atoms with Crippen LogP contribution in [0.25, 0.3) is 11.3 Å². The predicted molar refractivity (Wildman–Crippen MR) is 79.9 cm³/mol. The number of benzene rings is 1. The van der Waals surface area contributed by atoms with Crippen molar-refractivity contribution >= 4 is 17.5 Å². The zero-order valence-electron chi connectivity index (χ0n) is 11.5. The molecular formula is C14H19N3OS. The molecule has 1 N–H and O–H groups in total. The number of hydrogen-bond donors (Lipinski definition) is 1. The van der Waals surface area contributed by atoms with E-state index in [0.29, 0.717) is 0 Å². The van der Waals surface area contributed by atoms with Crippen molar-refractivity contribution in [2.24, 2.45) is 0 Å². The number of nitrogens with zero attached hydrogens (tertiary/aromatic N) is 2. The van der Waals surface area contributed by atoms with Crippen LogP contribution in [0.5, 0.6) is 5.75 Å². The molecule has 19 heavy (non-hydrogen) atoms. The Bertz CT molecular complexity index is 508. The van der Waals surface area contributed by atoms with E-state index in [4.69, 9.17) is 4.74 Å². The molecule has 0 unspecified atom stereocenters. The van der Waals surface area contributed by atoms with Gasteiger partial charge >= 0.3 is 0 Å². The molecule has 0 aliphatic rings. The molecule has 0 spiro atoms. The van der Waals surface area contributed by atoms with E-state index in [1.807, 2.05) is 38.1 Å². The monoisotopic (exact) mass is 277 g/mol. The molecular weight excluding hydrogens is 258 g/mol. The number of anilines is 1. The lowest BCUT2D eigenvalue weighted by molar-refractivity contribution is 0.242. The van der Waals surface area contributed by atoms with E-state index in [0.717, 1.165) is 35.8 Å². The van der Waals surface area contributed by atoms with E-state index >= 15 is 0 Å². The van der Waals surface area contributed by atoms with Gasteiger partial charge in [-0.05, 0) is 44.5 Å². The first kappa shape index (κ1) is 13.8. The van der Waals surface area contributed by atoms with Crippen molar-refractivity contribution in [3.8, 4) is 17.0 Å². The fraction of sp³-hybridized carbons (Fsp3) is 0.429. The lowest BCUT2D eigenvalue weighted by Crippen LogP contribution is -2.05. The lowest BCUT2D eigenvalue weighted by Gasteiger charge is -2.10. The van der Waals surface area contributed by atoms with Crippen LogP contribution in [0.2, 0.25) is 0 Å². The third-order valence-electron chi connectivity index (χ3n) is 2.53. The molecule has 4 nitrogen and oxygen atoms in total. The molecule has 102 valence electrons. The standard InChI is InChI=1S/C14H19N3OS/c1-4-9-15-14-13(16-19-17-14)11-5-7-12(8-6-11)18-10(2)3/h5-8,10H,4,9H2,1-3H3,(H,15,17). The summed E-state index contributed by atoms with van der Waals surface area (Å²) in [4.78, 5) is 0. The minimum Gasteiger partial charge on any atom is -0.491 e. The van der Waals surface area contributed by atoms with Crippen LogP contribution in [-0.4, -0.2) is 21.4 Å². The van der Waals surface area contributed by atoms with E-state index in [2.05, 4.69) is 21.0 Å². The summed E-state index contributed by atoms with van der Waals surface area (Å²) in [6.07, 6.45) is 1.26. The molecule has 0 bridgehead atoms. The van der Waals surface area contributed by atoms with Gasteiger partial charge in [-0.1, -0.05) is 6.92 Å². The molecule has 0 aliphatic heterocycles. The van der Waals surface area contributed by atoms with E-state index in [9.17, 15) is 0 Å². The lowest BCUT2D eigenvalue weighted by atomic mass is 10.1. The van der Waals surface area contributed by atoms with Crippen LogP contribution in [0.15, 0.2) is 24.3 Å². The Morgan fingerprint density at radius 2 is 1.95 bits per heavy atom. The Morgan fingerprint density at radius 3 is 2.58 bits per heavy atom. The smallest absolute Gasteiger partial charge is 0.168 e. The Labute approximate surface area is 118 Å². The highest BCUT2D eigenvalue weighted by molar-refractivity contribution is 6.99. The summed E-state index contributed by atoms with van der Waals surface area (Å²) in [7, 11) is 0. The quantitative estimate of drug-likeness (QED) is 0.872. The summed E-state index contributed by atoms with van der Waals surface area (Å²) in [5.41, 5.74) is 1.97. The fourth-order valence-corrected chi connectivity index (χ4v) is 2.25. The second-order valence-corrected chi connectivity index (χ2v) is 5.11. The number of nitrogens with one attached hydrogen (secondary N) is 1. The molecule has 1 heterocycles. The van der Waals surface area contributed by atoms with Gasteiger partial charge in [0, 0.05) is 12.1 Å². The first-order valence-electron chi connectivity index (χ1n) is 6.54. The van der Waals surface area contributed by atoms with Gasteiger partial charge in [0.2, 0.25) is 0 Å². The molecule has 1 aromatic carbocycles. The second kappa shape index (κ2) is 6.52. The topological polar surface area (TPSA) is 47.0 Å². The minimum atomic E-state index is 0.188. The Hall–Kier alpha value is -1.62. The second-order valence-electron chi connectivity index (χ2n) is 4.58. The van der Waals surface area contributed by atoms with Crippen molar-refractivity contribution in [1.82, 2.24) is 8.75 Å². The Morgan fingerprint density at radius 1 is 1.21 bits per heavy atom. The van der Waals surface area contributed by atoms with Gasteiger partial charge in [-0.3, -0.25) is 0 Å². The zero-order chi connectivity index (χ0) is 13.7. The van der Waals surface area contributed by atoms with E-state index in [-0.39, 0.29) is 6.10 Å². The fourth-order valence-electron chi connectivity index (χ4n) is 1.70. The number of rotatable bonds is 6. The maximum Gasteiger partial charge on any atom is 0.168 e. The average molecular weight is 277 g/mol. The van der Waals surface area contributed by atoms with E-state index < -0.39 is 0 Å². The normalized spacial score (nSPS) is 10.7. The molecule has 2 rings (SSSR count). The highest BCUT2D eigenvalue weighted by Gasteiger charge is 2.10. The van der Waals surface area contributed by atoms with Gasteiger partial charge in [0.1, 0.15) is 11.4 Å². The third-order valence-corrected chi connectivity index (χ3v) is 3.06. The molecule has 0 amide bonds. The van der Waals surface area contributed by atoms with Crippen molar-refractivity contribution < 1.29 is 4.74 Å². The molecule has 0 atom stereocenters. The largest absolute Gasteiger partial charge is 0.491 e. The van der Waals surface area contributed by atoms with Gasteiger partial charge < -0.3 is 10.1 Å². The van der Waals surface area contributed by atoms with Gasteiger partial charge in [-0.15, -0.1) is 0 Å². The number of hydrogen-bond acceptors (Lipinski definition) is 5. The predicted octanol–water partition coefficient (Wildman–Crippen LogP) is 3.81. The third kappa shape index (κ3) is 3.67. The van der Waals surface area contributed by atoms with E-state index in [1.54, 1.807) is 0 Å². The highest BCUT2D eigenvalue weighted by atomic mass is 32.1. The molecule has 0 saturated heterocycles. The van der Waals surface area contributed by atoms with Crippen molar-refractivity contribution in [2.45, 2.75) is 33.3 Å². The summed E-state index contributed by atoms with van der Waals surface area (Å²) in [6.45, 7) is 7.08. The van der Waals surface area contributed by atoms with Crippen molar-refractivity contribution in [1.29, 1.82) is 0 Å². The van der Waals surface area contributed by atoms with Crippen LogP contribution in [0.4, 0.5) is 5.82 Å². The molecule has 0 radical (unpaired) electrons. The molecule has 0 fully saturated rings. The summed E-state index contributed by atoms with van der Waals surface area (Å²) >= 11 is 1.23. The molecule has 0 aliphatic carbocycles. The molecule has 0 saturated carbocycles. The van der Waals surface area contributed by atoms with Gasteiger partial charge in [0.15, 0.2) is 5.82 Å².